The summed E-state index contributed by atoms with van der Waals surface area (Å²) in [6.45, 7) is 9.18. The Morgan fingerprint density at radius 2 is 1.90 bits per heavy atom. The highest BCUT2D eigenvalue weighted by Crippen LogP contribution is 2.31. The van der Waals surface area contributed by atoms with E-state index in [4.69, 9.17) is 14.5 Å². The van der Waals surface area contributed by atoms with E-state index >= 15 is 0 Å². The quantitative estimate of drug-likeness (QED) is 0.606. The molecule has 3 heterocycles. The Morgan fingerprint density at radius 3 is 2.60 bits per heavy atom. The minimum Gasteiger partial charge on any atom is -0.481 e. The zero-order valence-electron chi connectivity index (χ0n) is 18.1. The highest BCUT2D eigenvalue weighted by molar-refractivity contribution is 7.85. The summed E-state index contributed by atoms with van der Waals surface area (Å²) in [5.41, 5.74) is 1.90. The fourth-order valence-corrected chi connectivity index (χ4v) is 5.00. The Morgan fingerprint density at radius 1 is 1.17 bits per heavy atom. The van der Waals surface area contributed by atoms with E-state index in [9.17, 15) is 4.21 Å². The molecular weight excluding hydrogens is 398 g/mol. The third kappa shape index (κ3) is 4.27. The zero-order valence-corrected chi connectivity index (χ0v) is 18.9. The fraction of sp³-hybridized carbons (Fsp3) is 0.478. The topological polar surface area (TPSA) is 66.2 Å². The van der Waals surface area contributed by atoms with E-state index in [1.54, 1.807) is 25.4 Å². The molecule has 30 heavy (non-hydrogen) atoms. The van der Waals surface area contributed by atoms with Crippen LogP contribution in [0.4, 0.5) is 0 Å². The molecule has 7 heteroatoms. The third-order valence-corrected chi connectivity index (χ3v) is 6.88. The fourth-order valence-electron chi connectivity index (χ4n) is 3.92. The summed E-state index contributed by atoms with van der Waals surface area (Å²) in [4.78, 5) is 10.5. The van der Waals surface area contributed by atoms with Gasteiger partial charge in [-0.1, -0.05) is 20.8 Å². The first-order valence-corrected chi connectivity index (χ1v) is 11.5. The molecule has 0 amide bonds. The van der Waals surface area contributed by atoms with Gasteiger partial charge in [-0.3, -0.25) is 0 Å². The average Bonchev–Trinajstić information content (AvgIpc) is 3.12. The molecule has 0 spiro atoms. The molecular formula is C23H29N3O3S. The van der Waals surface area contributed by atoms with Gasteiger partial charge < -0.3 is 14.0 Å². The Balaban J connectivity index is 1.72. The molecule has 1 aromatic carbocycles. The Kier molecular flexibility index (Phi) is 5.93. The van der Waals surface area contributed by atoms with E-state index in [-0.39, 0.29) is 5.41 Å². The van der Waals surface area contributed by atoms with Crippen molar-refractivity contribution in [3.05, 3.63) is 42.4 Å². The van der Waals surface area contributed by atoms with E-state index in [0.29, 0.717) is 16.7 Å². The van der Waals surface area contributed by atoms with E-state index in [1.807, 2.05) is 12.1 Å². The van der Waals surface area contributed by atoms with E-state index < -0.39 is 10.8 Å². The number of hydrogen-bond acceptors (Lipinski definition) is 5. The SMILES string of the molecule is COc1cc(S(=O)c2ccc3c(c2)nc(C(C)(C)C)n3CC2CCOCC2)ccn1. The van der Waals surface area contributed by atoms with Crippen molar-refractivity contribution in [2.75, 3.05) is 20.3 Å². The monoisotopic (exact) mass is 427 g/mol. The van der Waals surface area contributed by atoms with Gasteiger partial charge in [0.05, 0.1) is 33.8 Å². The van der Waals surface area contributed by atoms with Gasteiger partial charge in [0.2, 0.25) is 5.88 Å². The van der Waals surface area contributed by atoms with Crippen molar-refractivity contribution in [3.8, 4) is 5.88 Å². The maximum atomic E-state index is 13.1. The molecule has 0 radical (unpaired) electrons. The smallest absolute Gasteiger partial charge is 0.214 e. The first-order chi connectivity index (χ1) is 14.4. The van der Waals surface area contributed by atoms with Gasteiger partial charge in [-0.2, -0.15) is 0 Å². The van der Waals surface area contributed by atoms with E-state index in [0.717, 1.165) is 54.4 Å². The van der Waals surface area contributed by atoms with Gasteiger partial charge >= 0.3 is 0 Å². The first-order valence-electron chi connectivity index (χ1n) is 10.4. The second-order valence-corrected chi connectivity index (χ2v) is 10.3. The van der Waals surface area contributed by atoms with Gasteiger partial charge in [-0.15, -0.1) is 0 Å². The van der Waals surface area contributed by atoms with Crippen LogP contribution in [0, 0.1) is 5.92 Å². The van der Waals surface area contributed by atoms with Gasteiger partial charge in [0.15, 0.2) is 0 Å². The normalized spacial score (nSPS) is 16.7. The predicted octanol–water partition coefficient (Wildman–Crippen LogP) is 4.33. The minimum atomic E-state index is -1.33. The second-order valence-electron chi connectivity index (χ2n) is 8.80. The van der Waals surface area contributed by atoms with Gasteiger partial charge in [0.1, 0.15) is 5.82 Å². The molecule has 1 fully saturated rings. The first kappa shape index (κ1) is 21.0. The minimum absolute atomic E-state index is 0.0814. The molecule has 1 aliphatic heterocycles. The Bertz CT molecular complexity index is 1070. The van der Waals surface area contributed by atoms with Crippen molar-refractivity contribution in [1.82, 2.24) is 14.5 Å². The van der Waals surface area contributed by atoms with E-state index in [1.165, 1.54) is 0 Å². The van der Waals surface area contributed by atoms with Gasteiger partial charge in [-0.05, 0) is 43.0 Å². The van der Waals surface area contributed by atoms with Crippen molar-refractivity contribution >= 4 is 21.8 Å². The highest BCUT2D eigenvalue weighted by Gasteiger charge is 2.26. The number of aromatic nitrogens is 3. The summed E-state index contributed by atoms with van der Waals surface area (Å²) >= 11 is 0. The Hall–Kier alpha value is -2.25. The molecule has 1 atom stereocenters. The van der Waals surface area contributed by atoms with Crippen molar-refractivity contribution in [2.45, 2.75) is 55.4 Å². The number of benzene rings is 1. The van der Waals surface area contributed by atoms with Crippen LogP contribution in [0.3, 0.4) is 0 Å². The largest absolute Gasteiger partial charge is 0.481 e. The molecule has 6 nitrogen and oxygen atoms in total. The molecule has 1 unspecified atom stereocenters. The van der Waals surface area contributed by atoms with Crippen molar-refractivity contribution < 1.29 is 13.7 Å². The molecule has 0 N–H and O–H groups in total. The molecule has 0 bridgehead atoms. The summed E-state index contributed by atoms with van der Waals surface area (Å²) in [5.74, 6) is 2.12. The molecule has 4 rings (SSSR count). The van der Waals surface area contributed by atoms with Crippen LogP contribution in [0.1, 0.15) is 39.4 Å². The van der Waals surface area contributed by atoms with Crippen LogP contribution in [0.25, 0.3) is 11.0 Å². The summed E-state index contributed by atoms with van der Waals surface area (Å²) < 4.78 is 26.2. The number of hydrogen-bond donors (Lipinski definition) is 0. The van der Waals surface area contributed by atoms with Gasteiger partial charge in [0.25, 0.3) is 0 Å². The van der Waals surface area contributed by atoms with Crippen LogP contribution in [0.15, 0.2) is 46.3 Å². The van der Waals surface area contributed by atoms with Crippen molar-refractivity contribution in [3.63, 3.8) is 0 Å². The number of rotatable bonds is 5. The lowest BCUT2D eigenvalue weighted by Gasteiger charge is -2.26. The lowest BCUT2D eigenvalue weighted by molar-refractivity contribution is 0.0611. The second kappa shape index (κ2) is 8.47. The molecule has 0 saturated carbocycles. The maximum Gasteiger partial charge on any atom is 0.214 e. The summed E-state index contributed by atoms with van der Waals surface area (Å²) in [5, 5.41) is 0. The van der Waals surface area contributed by atoms with E-state index in [2.05, 4.69) is 36.4 Å². The molecule has 2 aromatic heterocycles. The lowest BCUT2D eigenvalue weighted by Crippen LogP contribution is -2.25. The lowest BCUT2D eigenvalue weighted by atomic mass is 9.94. The van der Waals surface area contributed by atoms with Gasteiger partial charge in [-0.25, -0.2) is 14.2 Å². The molecule has 160 valence electrons. The van der Waals surface area contributed by atoms with Crippen LogP contribution >= 0.6 is 0 Å². The van der Waals surface area contributed by atoms with Crippen LogP contribution in [-0.2, 0) is 27.5 Å². The number of imidazole rings is 1. The van der Waals surface area contributed by atoms with Crippen LogP contribution in [0.5, 0.6) is 5.88 Å². The molecule has 3 aromatic rings. The van der Waals surface area contributed by atoms with Gasteiger partial charge in [0, 0.05) is 42.3 Å². The third-order valence-electron chi connectivity index (χ3n) is 5.52. The maximum absolute atomic E-state index is 13.1. The molecule has 1 saturated heterocycles. The van der Waals surface area contributed by atoms with Crippen LogP contribution in [0.2, 0.25) is 0 Å². The number of ether oxygens (including phenoxy) is 2. The zero-order chi connectivity index (χ0) is 21.3. The van der Waals surface area contributed by atoms with Crippen LogP contribution < -0.4 is 4.74 Å². The Labute approximate surface area is 180 Å². The molecule has 1 aliphatic rings. The number of pyridine rings is 1. The predicted molar refractivity (Wildman–Crippen MR) is 117 cm³/mol. The summed E-state index contributed by atoms with van der Waals surface area (Å²) in [6, 6.07) is 9.42. The van der Waals surface area contributed by atoms with Crippen LogP contribution in [-0.4, -0.2) is 39.1 Å². The molecule has 0 aliphatic carbocycles. The van der Waals surface area contributed by atoms with Crippen molar-refractivity contribution in [2.24, 2.45) is 5.92 Å². The summed E-state index contributed by atoms with van der Waals surface area (Å²) in [7, 11) is 0.231. The number of nitrogens with zero attached hydrogens (tertiary/aromatic N) is 3. The number of fused-ring (bicyclic) bond motifs is 1. The van der Waals surface area contributed by atoms with Crippen molar-refractivity contribution in [1.29, 1.82) is 0 Å². The highest BCUT2D eigenvalue weighted by atomic mass is 32.2. The summed E-state index contributed by atoms with van der Waals surface area (Å²) in [6.07, 6.45) is 3.77. The average molecular weight is 428 g/mol. The standard InChI is InChI=1S/C23H29N3O3S/c1-23(2,3)22-25-19-13-17(30(27)18-7-10-24-21(14-18)28-4)5-6-20(19)26(22)15-16-8-11-29-12-9-16/h5-7,10,13-14,16H,8-9,11-12,15H2,1-4H3. The number of methoxy groups -OCH3 is 1.